The minimum Gasteiger partial charge on any atom is -0.492 e. The third-order valence-electron chi connectivity index (χ3n) is 1.75. The van der Waals surface area contributed by atoms with E-state index in [9.17, 15) is 9.59 Å². The van der Waals surface area contributed by atoms with Crippen LogP contribution in [0.15, 0.2) is 22.5 Å². The van der Waals surface area contributed by atoms with Crippen LogP contribution in [-0.2, 0) is 19.1 Å². The molecule has 0 aliphatic heterocycles. The lowest BCUT2D eigenvalue weighted by atomic mass is 10.1. The van der Waals surface area contributed by atoms with Crippen molar-refractivity contribution in [2.24, 2.45) is 0 Å². The van der Waals surface area contributed by atoms with Gasteiger partial charge >= 0.3 is 0 Å². The third kappa shape index (κ3) is 1.68. The van der Waals surface area contributed by atoms with Crippen molar-refractivity contribution >= 4 is 23.3 Å². The summed E-state index contributed by atoms with van der Waals surface area (Å²) < 4.78 is 9.64. The largest absolute Gasteiger partial charge is 0.492 e. The number of ketones is 2. The second kappa shape index (κ2) is 4.32. The quantitative estimate of drug-likeness (QED) is 0.653. The summed E-state index contributed by atoms with van der Waals surface area (Å²) in [5.41, 5.74) is 0. The molecule has 0 saturated carbocycles. The van der Waals surface area contributed by atoms with Gasteiger partial charge < -0.3 is 9.47 Å². The summed E-state index contributed by atoms with van der Waals surface area (Å²) in [6.45, 7) is 0. The molecule has 0 unspecified atom stereocenters. The number of methoxy groups -OCH3 is 2. The average molecular weight is 214 g/mol. The van der Waals surface area contributed by atoms with Crippen molar-refractivity contribution in [1.82, 2.24) is 0 Å². The molecule has 0 atom stereocenters. The van der Waals surface area contributed by atoms with Crippen molar-refractivity contribution in [2.75, 3.05) is 20.5 Å². The maximum Gasteiger partial charge on any atom is 0.263 e. The van der Waals surface area contributed by atoms with Crippen LogP contribution in [0.5, 0.6) is 0 Å². The highest BCUT2D eigenvalue weighted by atomic mass is 32.2. The van der Waals surface area contributed by atoms with E-state index in [1.807, 2.05) is 0 Å². The Balaban J connectivity index is 3.17. The Labute approximate surface area is 85.9 Å². The number of hydrogen-bond acceptors (Lipinski definition) is 5. The van der Waals surface area contributed by atoms with E-state index in [0.717, 1.165) is 0 Å². The van der Waals surface area contributed by atoms with Gasteiger partial charge in [0.1, 0.15) is 4.91 Å². The zero-order valence-corrected chi connectivity index (χ0v) is 8.94. The molecule has 0 aromatic carbocycles. The van der Waals surface area contributed by atoms with Crippen LogP contribution in [0.25, 0.3) is 0 Å². The Morgan fingerprint density at radius 1 is 1.21 bits per heavy atom. The number of rotatable bonds is 3. The van der Waals surface area contributed by atoms with Gasteiger partial charge in [-0.15, -0.1) is 11.8 Å². The number of ether oxygens (including phenoxy) is 2. The molecule has 5 heteroatoms. The summed E-state index contributed by atoms with van der Waals surface area (Å²) in [6.07, 6.45) is 2.89. The van der Waals surface area contributed by atoms with Crippen LogP contribution in [-0.4, -0.2) is 32.0 Å². The first-order chi connectivity index (χ1) is 6.65. The fourth-order valence-corrected chi connectivity index (χ4v) is 1.73. The highest BCUT2D eigenvalue weighted by Gasteiger charge is 2.29. The van der Waals surface area contributed by atoms with E-state index in [-0.39, 0.29) is 23.1 Å². The van der Waals surface area contributed by atoms with Gasteiger partial charge in [-0.25, -0.2) is 0 Å². The molecule has 0 N–H and O–H groups in total. The zero-order valence-electron chi connectivity index (χ0n) is 8.12. The molecule has 0 fully saturated rings. The van der Waals surface area contributed by atoms with E-state index >= 15 is 0 Å². The van der Waals surface area contributed by atoms with Crippen LogP contribution in [0, 0.1) is 0 Å². The van der Waals surface area contributed by atoms with Crippen LogP contribution in [0.3, 0.4) is 0 Å². The minimum absolute atomic E-state index is 0.0182. The van der Waals surface area contributed by atoms with Gasteiger partial charge in [0, 0.05) is 6.08 Å². The van der Waals surface area contributed by atoms with E-state index < -0.39 is 0 Å². The molecule has 0 heterocycles. The highest BCUT2D eigenvalue weighted by molar-refractivity contribution is 8.03. The summed E-state index contributed by atoms with van der Waals surface area (Å²) >= 11 is 1.19. The average Bonchev–Trinajstić information content (AvgIpc) is 2.20. The Bertz CT molecular complexity index is 341. The summed E-state index contributed by atoms with van der Waals surface area (Å²) in [4.78, 5) is 23.3. The standard InChI is InChI=1S/C9H10O4S/c1-12-6-4-5(10)9(14-3)8(13-2)7(6)11/h4H,1-3H3. The van der Waals surface area contributed by atoms with Crippen LogP contribution in [0.2, 0.25) is 0 Å². The molecule has 0 spiro atoms. The molecule has 1 aliphatic carbocycles. The van der Waals surface area contributed by atoms with E-state index in [1.54, 1.807) is 6.26 Å². The summed E-state index contributed by atoms with van der Waals surface area (Å²) in [6, 6.07) is 0. The van der Waals surface area contributed by atoms with Gasteiger partial charge in [0.15, 0.2) is 17.3 Å². The smallest absolute Gasteiger partial charge is 0.263 e. The van der Waals surface area contributed by atoms with Gasteiger partial charge in [0.05, 0.1) is 14.2 Å². The number of carbonyl (C=O) groups is 2. The van der Waals surface area contributed by atoms with E-state index in [4.69, 9.17) is 9.47 Å². The molecule has 76 valence electrons. The first-order valence-corrected chi connectivity index (χ1v) is 5.05. The zero-order chi connectivity index (χ0) is 10.7. The topological polar surface area (TPSA) is 52.6 Å². The van der Waals surface area contributed by atoms with Crippen molar-refractivity contribution in [2.45, 2.75) is 0 Å². The Morgan fingerprint density at radius 2 is 1.86 bits per heavy atom. The maximum atomic E-state index is 11.6. The SMILES string of the molecule is COC1=CC(=O)C(SC)=C(OC)C1=O. The van der Waals surface area contributed by atoms with Gasteiger partial charge in [-0.05, 0) is 6.26 Å². The van der Waals surface area contributed by atoms with Gasteiger partial charge in [-0.2, -0.15) is 0 Å². The van der Waals surface area contributed by atoms with Crippen LogP contribution in [0.4, 0.5) is 0 Å². The van der Waals surface area contributed by atoms with Crippen molar-refractivity contribution in [3.05, 3.63) is 22.5 Å². The number of carbonyl (C=O) groups excluding carboxylic acids is 2. The number of Topliss-reactive ketones (excluding diaryl/α,β-unsaturated/α-hetero) is 1. The van der Waals surface area contributed by atoms with Crippen LogP contribution < -0.4 is 0 Å². The Morgan fingerprint density at radius 3 is 2.29 bits per heavy atom. The van der Waals surface area contributed by atoms with Gasteiger partial charge in [0.25, 0.3) is 5.78 Å². The first kappa shape index (κ1) is 10.8. The summed E-state index contributed by atoms with van der Waals surface area (Å²) in [7, 11) is 2.70. The Hall–Kier alpha value is -1.23. The lowest BCUT2D eigenvalue weighted by Crippen LogP contribution is -2.20. The normalized spacial score (nSPS) is 16.9. The molecule has 0 radical (unpaired) electrons. The van der Waals surface area contributed by atoms with Gasteiger partial charge in [-0.1, -0.05) is 0 Å². The predicted molar refractivity (Wildman–Crippen MR) is 52.7 cm³/mol. The molecule has 1 rings (SSSR count). The summed E-state index contributed by atoms with van der Waals surface area (Å²) in [5.74, 6) is -0.573. The van der Waals surface area contributed by atoms with E-state index in [0.29, 0.717) is 4.91 Å². The molecule has 0 bridgehead atoms. The molecule has 14 heavy (non-hydrogen) atoms. The van der Waals surface area contributed by atoms with Gasteiger partial charge in [0.2, 0.25) is 0 Å². The van der Waals surface area contributed by atoms with E-state index in [2.05, 4.69) is 0 Å². The van der Waals surface area contributed by atoms with Gasteiger partial charge in [-0.3, -0.25) is 9.59 Å². The van der Waals surface area contributed by atoms with Crippen LogP contribution >= 0.6 is 11.8 Å². The highest BCUT2D eigenvalue weighted by Crippen LogP contribution is 2.26. The minimum atomic E-state index is -0.390. The molecular formula is C9H10O4S. The molecular weight excluding hydrogens is 204 g/mol. The molecule has 0 aromatic heterocycles. The Kier molecular flexibility index (Phi) is 3.35. The molecule has 0 amide bonds. The predicted octanol–water partition coefficient (Wildman–Crippen LogP) is 0.889. The second-order valence-corrected chi connectivity index (χ2v) is 3.29. The fraction of sp³-hybridized carbons (Fsp3) is 0.333. The fourth-order valence-electron chi connectivity index (χ4n) is 1.11. The summed E-state index contributed by atoms with van der Waals surface area (Å²) in [5, 5.41) is 0. The number of hydrogen-bond donors (Lipinski definition) is 0. The number of thioether (sulfide) groups is 1. The molecule has 0 aromatic rings. The molecule has 0 saturated heterocycles. The van der Waals surface area contributed by atoms with Crippen molar-refractivity contribution in [3.8, 4) is 0 Å². The monoisotopic (exact) mass is 214 g/mol. The van der Waals surface area contributed by atoms with Crippen molar-refractivity contribution in [3.63, 3.8) is 0 Å². The lowest BCUT2D eigenvalue weighted by molar-refractivity contribution is -0.120. The first-order valence-electron chi connectivity index (χ1n) is 3.82. The molecule has 4 nitrogen and oxygen atoms in total. The number of allylic oxidation sites excluding steroid dienone is 2. The van der Waals surface area contributed by atoms with Crippen LogP contribution in [0.1, 0.15) is 0 Å². The third-order valence-corrected chi connectivity index (χ3v) is 2.55. The second-order valence-electron chi connectivity index (χ2n) is 2.47. The van der Waals surface area contributed by atoms with Crippen molar-refractivity contribution in [1.29, 1.82) is 0 Å². The maximum absolute atomic E-state index is 11.6. The van der Waals surface area contributed by atoms with E-state index in [1.165, 1.54) is 32.1 Å². The van der Waals surface area contributed by atoms with Crippen molar-refractivity contribution < 1.29 is 19.1 Å². The lowest BCUT2D eigenvalue weighted by Gasteiger charge is -2.15. The molecule has 1 aliphatic rings.